The number of hydrogen-bond donors (Lipinski definition) is 3. The Morgan fingerprint density at radius 2 is 2.00 bits per heavy atom. The number of carbonyl (C=O) groups excluding carboxylic acids is 3. The maximum Gasteiger partial charge on any atom is 0.416 e. The summed E-state index contributed by atoms with van der Waals surface area (Å²) >= 11 is 0. The molecule has 2 aromatic rings. The first kappa shape index (κ1) is 23.4. The van der Waals surface area contributed by atoms with Crippen molar-refractivity contribution in [2.24, 2.45) is 4.99 Å². The highest BCUT2D eigenvalue weighted by atomic mass is 19.4. The van der Waals surface area contributed by atoms with Crippen LogP contribution in [-0.2, 0) is 22.3 Å². The Labute approximate surface area is 192 Å². The number of hydrogen-bond acceptors (Lipinski definition) is 6. The Kier molecular flexibility index (Phi) is 6.13. The molecule has 0 aliphatic carbocycles. The van der Waals surface area contributed by atoms with Crippen molar-refractivity contribution in [3.63, 3.8) is 0 Å². The fourth-order valence-corrected chi connectivity index (χ4v) is 4.05. The largest absolute Gasteiger partial charge is 0.416 e. The van der Waals surface area contributed by atoms with Gasteiger partial charge in [0.1, 0.15) is 11.9 Å². The number of aliphatic imine (C=N–C) groups is 1. The molecule has 34 heavy (non-hydrogen) atoms. The summed E-state index contributed by atoms with van der Waals surface area (Å²) in [5.74, 6) is -1.15. The van der Waals surface area contributed by atoms with E-state index in [1.807, 2.05) is 0 Å². The van der Waals surface area contributed by atoms with Crippen LogP contribution in [0.25, 0.3) is 0 Å². The first-order valence-electron chi connectivity index (χ1n) is 10.5. The molecule has 2 aliphatic heterocycles. The molecule has 2 unspecified atom stereocenters. The fourth-order valence-electron chi connectivity index (χ4n) is 4.05. The summed E-state index contributed by atoms with van der Waals surface area (Å²) in [6.07, 6.45) is -5.40. The standard InChI is InChI=1S/C23H21F3N4O4/c1-12-28-17-6-5-13(11-27-20(32)14-3-2-4-15(10-14)23(24,25)26)9-16(17)22(34)30(12)18-7-8-19(31)29-21(18)33/h2-6,9-10,18,22,34H,7-8,11H2,1H3,(H,27,32)(H,29,31,33). The zero-order valence-electron chi connectivity index (χ0n) is 18.0. The van der Waals surface area contributed by atoms with Crippen molar-refractivity contribution in [2.75, 3.05) is 0 Å². The maximum atomic E-state index is 12.9. The number of amidine groups is 1. The van der Waals surface area contributed by atoms with Crippen molar-refractivity contribution < 1.29 is 32.7 Å². The molecule has 0 radical (unpaired) electrons. The van der Waals surface area contributed by atoms with Gasteiger partial charge in [0, 0.05) is 24.1 Å². The van der Waals surface area contributed by atoms with E-state index in [9.17, 15) is 32.7 Å². The molecule has 178 valence electrons. The number of imide groups is 1. The third-order valence-corrected chi connectivity index (χ3v) is 5.74. The summed E-state index contributed by atoms with van der Waals surface area (Å²) in [5, 5.41) is 15.8. The third-order valence-electron chi connectivity index (χ3n) is 5.74. The van der Waals surface area contributed by atoms with Gasteiger partial charge in [-0.15, -0.1) is 0 Å². The number of nitrogens with one attached hydrogen (secondary N) is 2. The van der Waals surface area contributed by atoms with Crippen LogP contribution in [0, 0.1) is 0 Å². The normalized spacial score (nSPS) is 20.4. The predicted octanol–water partition coefficient (Wildman–Crippen LogP) is 2.80. The molecule has 3 amide bonds. The van der Waals surface area contributed by atoms with E-state index in [4.69, 9.17) is 0 Å². The van der Waals surface area contributed by atoms with Gasteiger partial charge in [0.15, 0.2) is 6.23 Å². The molecular weight excluding hydrogens is 453 g/mol. The molecular formula is C23H21F3N4O4. The van der Waals surface area contributed by atoms with Gasteiger partial charge in [-0.25, -0.2) is 4.99 Å². The van der Waals surface area contributed by atoms with Crippen LogP contribution >= 0.6 is 0 Å². The van der Waals surface area contributed by atoms with Gasteiger partial charge in [-0.3, -0.25) is 19.7 Å². The van der Waals surface area contributed by atoms with Crippen molar-refractivity contribution in [1.29, 1.82) is 0 Å². The molecule has 2 aliphatic rings. The van der Waals surface area contributed by atoms with Gasteiger partial charge in [0.05, 0.1) is 11.3 Å². The number of halogens is 3. The van der Waals surface area contributed by atoms with E-state index in [1.54, 1.807) is 25.1 Å². The predicted molar refractivity (Wildman–Crippen MR) is 115 cm³/mol. The van der Waals surface area contributed by atoms with E-state index in [2.05, 4.69) is 15.6 Å². The van der Waals surface area contributed by atoms with Gasteiger partial charge in [0.2, 0.25) is 11.8 Å². The summed E-state index contributed by atoms with van der Waals surface area (Å²) in [5.41, 5.74) is 0.426. The minimum atomic E-state index is -4.56. The quantitative estimate of drug-likeness (QED) is 0.591. The number of aliphatic hydroxyl groups is 1. The highest BCUT2D eigenvalue weighted by Gasteiger charge is 2.38. The number of carbonyl (C=O) groups is 3. The van der Waals surface area contributed by atoms with Crippen LogP contribution < -0.4 is 10.6 Å². The summed E-state index contributed by atoms with van der Waals surface area (Å²) in [6, 6.07) is 8.29. The van der Waals surface area contributed by atoms with Gasteiger partial charge >= 0.3 is 6.18 Å². The molecule has 8 nitrogen and oxygen atoms in total. The van der Waals surface area contributed by atoms with Crippen LogP contribution in [0.4, 0.5) is 18.9 Å². The molecule has 4 rings (SSSR count). The third kappa shape index (κ3) is 4.65. The fraction of sp³-hybridized carbons (Fsp3) is 0.304. The Morgan fingerprint density at radius 1 is 1.24 bits per heavy atom. The summed E-state index contributed by atoms with van der Waals surface area (Å²) in [7, 11) is 0. The van der Waals surface area contributed by atoms with E-state index in [-0.39, 0.29) is 30.9 Å². The average molecular weight is 474 g/mol. The number of benzene rings is 2. The molecule has 0 bridgehead atoms. The van der Waals surface area contributed by atoms with Crippen LogP contribution in [-0.4, -0.2) is 39.6 Å². The molecule has 1 saturated heterocycles. The minimum Gasteiger partial charge on any atom is -0.369 e. The summed E-state index contributed by atoms with van der Waals surface area (Å²) < 4.78 is 38.7. The van der Waals surface area contributed by atoms with Crippen molar-refractivity contribution in [2.45, 2.75) is 44.8 Å². The Hall–Kier alpha value is -3.73. The van der Waals surface area contributed by atoms with Gasteiger partial charge in [-0.2, -0.15) is 13.2 Å². The molecule has 3 N–H and O–H groups in total. The average Bonchev–Trinajstić information content (AvgIpc) is 2.78. The topological polar surface area (TPSA) is 111 Å². The Bertz CT molecular complexity index is 1190. The number of alkyl halides is 3. The van der Waals surface area contributed by atoms with E-state index in [0.717, 1.165) is 18.2 Å². The molecule has 0 spiro atoms. The van der Waals surface area contributed by atoms with Gasteiger partial charge in [-0.05, 0) is 49.2 Å². The highest BCUT2D eigenvalue weighted by Crippen LogP contribution is 2.36. The van der Waals surface area contributed by atoms with E-state index >= 15 is 0 Å². The molecule has 0 saturated carbocycles. The van der Waals surface area contributed by atoms with E-state index in [1.165, 1.54) is 11.0 Å². The second-order valence-corrected chi connectivity index (χ2v) is 8.06. The molecule has 2 atom stereocenters. The maximum absolute atomic E-state index is 12.9. The molecule has 2 aromatic carbocycles. The first-order chi connectivity index (χ1) is 16.0. The van der Waals surface area contributed by atoms with Gasteiger partial charge in [0.25, 0.3) is 5.91 Å². The highest BCUT2D eigenvalue weighted by molar-refractivity contribution is 6.02. The monoisotopic (exact) mass is 474 g/mol. The number of piperidine rings is 1. The zero-order valence-corrected chi connectivity index (χ0v) is 18.0. The number of amides is 3. The smallest absolute Gasteiger partial charge is 0.369 e. The number of fused-ring (bicyclic) bond motifs is 1. The first-order valence-corrected chi connectivity index (χ1v) is 10.5. The van der Waals surface area contributed by atoms with Crippen LogP contribution in [0.1, 0.15) is 53.0 Å². The van der Waals surface area contributed by atoms with Crippen molar-refractivity contribution in [1.82, 2.24) is 15.5 Å². The van der Waals surface area contributed by atoms with Crippen molar-refractivity contribution in [3.05, 3.63) is 64.7 Å². The lowest BCUT2D eigenvalue weighted by atomic mass is 9.99. The minimum absolute atomic E-state index is 0.00378. The van der Waals surface area contributed by atoms with Crippen LogP contribution in [0.2, 0.25) is 0 Å². The van der Waals surface area contributed by atoms with Gasteiger partial charge < -0.3 is 15.3 Å². The number of aliphatic hydroxyl groups excluding tert-OH is 1. The van der Waals surface area contributed by atoms with Crippen LogP contribution in [0.5, 0.6) is 0 Å². The Balaban J connectivity index is 1.50. The van der Waals surface area contributed by atoms with Crippen LogP contribution in [0.15, 0.2) is 47.5 Å². The number of rotatable bonds is 4. The number of nitrogens with zero attached hydrogens (tertiary/aromatic N) is 2. The summed E-state index contributed by atoms with van der Waals surface area (Å²) in [6.45, 7) is 1.65. The molecule has 0 aromatic heterocycles. The molecule has 2 heterocycles. The van der Waals surface area contributed by atoms with Crippen LogP contribution in [0.3, 0.4) is 0 Å². The lowest BCUT2D eigenvalue weighted by Crippen LogP contribution is -2.55. The SMILES string of the molecule is CC1=Nc2ccc(CNC(=O)c3cccc(C(F)(F)F)c3)cc2C(O)N1C1CCC(=O)NC1=O. The molecule has 11 heteroatoms. The zero-order chi connectivity index (χ0) is 24.6. The lowest BCUT2D eigenvalue weighted by Gasteiger charge is -2.40. The summed E-state index contributed by atoms with van der Waals surface area (Å²) in [4.78, 5) is 42.1. The second kappa shape index (κ2) is 8.90. The Morgan fingerprint density at radius 3 is 2.71 bits per heavy atom. The van der Waals surface area contributed by atoms with E-state index < -0.39 is 35.8 Å². The lowest BCUT2D eigenvalue weighted by molar-refractivity contribution is -0.139. The van der Waals surface area contributed by atoms with E-state index in [0.29, 0.717) is 22.6 Å². The van der Waals surface area contributed by atoms with Gasteiger partial charge in [-0.1, -0.05) is 12.1 Å². The van der Waals surface area contributed by atoms with Crippen molar-refractivity contribution in [3.8, 4) is 0 Å². The molecule has 1 fully saturated rings. The van der Waals surface area contributed by atoms with Crippen molar-refractivity contribution >= 4 is 29.2 Å². The second-order valence-electron chi connectivity index (χ2n) is 8.06.